The number of hydrogen-bond acceptors (Lipinski definition) is 4. The maximum atomic E-state index is 11.8. The molecule has 1 atom stereocenters. The van der Waals surface area contributed by atoms with Crippen LogP contribution in [0.5, 0.6) is 0 Å². The first-order valence-electron chi connectivity index (χ1n) is 9.31. The molecule has 0 spiro atoms. The summed E-state index contributed by atoms with van der Waals surface area (Å²) in [6, 6.07) is 10.2. The molecule has 1 saturated heterocycles. The molecule has 1 amide bonds. The zero-order valence-corrected chi connectivity index (χ0v) is 16.8. The highest BCUT2D eigenvalue weighted by Gasteiger charge is 2.15. The van der Waals surface area contributed by atoms with E-state index >= 15 is 0 Å². The third-order valence-electron chi connectivity index (χ3n) is 4.17. The molecule has 146 valence electrons. The molecule has 5 heteroatoms. The van der Waals surface area contributed by atoms with Crippen molar-refractivity contribution < 1.29 is 14.3 Å². The third kappa shape index (κ3) is 9.61. The number of hydrogen-bond donors (Lipinski definition) is 1. The Hall–Kier alpha value is -1.82. The predicted octanol–water partition coefficient (Wildman–Crippen LogP) is 4.06. The van der Waals surface area contributed by atoms with Crippen LogP contribution in [0.3, 0.4) is 0 Å². The molecule has 1 N–H and O–H groups in total. The lowest BCUT2D eigenvalue weighted by atomic mass is 10.1. The second-order valence-corrected chi connectivity index (χ2v) is 7.26. The molecule has 27 heavy (non-hydrogen) atoms. The summed E-state index contributed by atoms with van der Waals surface area (Å²) in [4.78, 5) is 12.9. The van der Waals surface area contributed by atoms with Crippen LogP contribution >= 0.6 is 11.8 Å². The smallest absolute Gasteiger partial charge is 0.223 e. The Morgan fingerprint density at radius 3 is 2.93 bits per heavy atom. The minimum atomic E-state index is 0.0499. The van der Waals surface area contributed by atoms with E-state index in [1.54, 1.807) is 11.8 Å². The maximum Gasteiger partial charge on any atom is 0.223 e. The van der Waals surface area contributed by atoms with Crippen molar-refractivity contribution in [2.45, 2.75) is 12.8 Å². The van der Waals surface area contributed by atoms with Gasteiger partial charge in [-0.2, -0.15) is 0 Å². The lowest BCUT2D eigenvalue weighted by Crippen LogP contribution is -2.28. The van der Waals surface area contributed by atoms with E-state index in [4.69, 9.17) is 9.47 Å². The largest absolute Gasteiger partial charge is 0.381 e. The first-order valence-corrected chi connectivity index (χ1v) is 10.5. The molecule has 4 nitrogen and oxygen atoms in total. The summed E-state index contributed by atoms with van der Waals surface area (Å²) in [6.07, 6.45) is 13.4. The molecule has 1 aliphatic rings. The number of benzene rings is 1. The fourth-order valence-electron chi connectivity index (χ4n) is 2.57. The van der Waals surface area contributed by atoms with Gasteiger partial charge in [0.15, 0.2) is 0 Å². The van der Waals surface area contributed by atoms with E-state index in [-0.39, 0.29) is 5.91 Å². The molecule has 2 rings (SSSR count). The topological polar surface area (TPSA) is 47.6 Å². The van der Waals surface area contributed by atoms with Crippen molar-refractivity contribution in [1.82, 2.24) is 5.32 Å². The minimum Gasteiger partial charge on any atom is -0.381 e. The van der Waals surface area contributed by atoms with Gasteiger partial charge in [0.25, 0.3) is 0 Å². The van der Waals surface area contributed by atoms with Crippen molar-refractivity contribution in [3.63, 3.8) is 0 Å². The van der Waals surface area contributed by atoms with Crippen LogP contribution in [0.25, 0.3) is 6.08 Å². The Morgan fingerprint density at radius 2 is 2.19 bits per heavy atom. The SMILES string of the molecule is CS/C(=C\C=C\c1ccccc1)COC/C=C/CC(=O)NCC1CCOC1. The summed E-state index contributed by atoms with van der Waals surface area (Å²) in [5.41, 5.74) is 1.18. The average Bonchev–Trinajstić information content (AvgIpc) is 3.22. The first kappa shape index (κ1) is 21.5. The molecule has 0 saturated carbocycles. The summed E-state index contributed by atoms with van der Waals surface area (Å²) >= 11 is 1.68. The number of carbonyl (C=O) groups is 1. The zero-order valence-electron chi connectivity index (χ0n) is 15.9. The molecule has 0 aromatic heterocycles. The summed E-state index contributed by atoms with van der Waals surface area (Å²) < 4.78 is 11.0. The third-order valence-corrected chi connectivity index (χ3v) is 4.95. The predicted molar refractivity (Wildman–Crippen MR) is 114 cm³/mol. The van der Waals surface area contributed by atoms with Crippen LogP contribution in [-0.2, 0) is 14.3 Å². The molecule has 0 aliphatic carbocycles. The molecule has 1 aromatic carbocycles. The van der Waals surface area contributed by atoms with Crippen LogP contribution in [0.4, 0.5) is 0 Å². The van der Waals surface area contributed by atoms with Crippen LogP contribution < -0.4 is 5.32 Å². The first-order chi connectivity index (χ1) is 13.3. The van der Waals surface area contributed by atoms with Gasteiger partial charge in [-0.3, -0.25) is 4.79 Å². The number of carbonyl (C=O) groups excluding carboxylic acids is 1. The summed E-state index contributed by atoms with van der Waals surface area (Å²) in [5.74, 6) is 0.517. The van der Waals surface area contributed by atoms with E-state index in [9.17, 15) is 4.79 Å². The molecule has 1 aliphatic heterocycles. The fraction of sp³-hybridized carbons (Fsp3) is 0.409. The molecule has 1 unspecified atom stereocenters. The van der Waals surface area contributed by atoms with Crippen molar-refractivity contribution >= 4 is 23.7 Å². The average molecular weight is 388 g/mol. The fourth-order valence-corrected chi connectivity index (χ4v) is 2.98. The van der Waals surface area contributed by atoms with Crippen molar-refractivity contribution in [2.75, 3.05) is 39.2 Å². The van der Waals surface area contributed by atoms with Gasteiger partial charge in [-0.15, -0.1) is 11.8 Å². The van der Waals surface area contributed by atoms with Gasteiger partial charge in [-0.25, -0.2) is 0 Å². The van der Waals surface area contributed by atoms with Crippen molar-refractivity contribution in [2.24, 2.45) is 5.92 Å². The van der Waals surface area contributed by atoms with E-state index in [1.165, 1.54) is 5.56 Å². The van der Waals surface area contributed by atoms with Gasteiger partial charge < -0.3 is 14.8 Å². The molecule has 1 fully saturated rings. The van der Waals surface area contributed by atoms with E-state index in [1.807, 2.05) is 42.7 Å². The highest BCUT2D eigenvalue weighted by molar-refractivity contribution is 8.02. The Labute approximate surface area is 166 Å². The van der Waals surface area contributed by atoms with Gasteiger partial charge in [0.05, 0.1) is 19.8 Å². The number of rotatable bonds is 11. The minimum absolute atomic E-state index is 0.0499. The number of thioether (sulfide) groups is 1. The number of ether oxygens (including phenoxy) is 2. The lowest BCUT2D eigenvalue weighted by molar-refractivity contribution is -0.120. The molecule has 1 heterocycles. The summed E-state index contributed by atoms with van der Waals surface area (Å²) in [5, 5.41) is 2.95. The summed E-state index contributed by atoms with van der Waals surface area (Å²) in [7, 11) is 0. The van der Waals surface area contributed by atoms with E-state index < -0.39 is 0 Å². The monoisotopic (exact) mass is 387 g/mol. The van der Waals surface area contributed by atoms with E-state index in [0.717, 1.165) is 24.5 Å². The van der Waals surface area contributed by atoms with E-state index in [0.29, 0.717) is 32.1 Å². The number of nitrogens with one attached hydrogen (secondary N) is 1. The van der Waals surface area contributed by atoms with Gasteiger partial charge in [-0.1, -0.05) is 60.7 Å². The van der Waals surface area contributed by atoms with E-state index in [2.05, 4.69) is 29.6 Å². The lowest BCUT2D eigenvalue weighted by Gasteiger charge is -2.08. The Morgan fingerprint density at radius 1 is 1.33 bits per heavy atom. The van der Waals surface area contributed by atoms with Gasteiger partial charge in [0.1, 0.15) is 0 Å². The second-order valence-electron chi connectivity index (χ2n) is 6.33. The highest BCUT2D eigenvalue weighted by atomic mass is 32.2. The van der Waals surface area contributed by atoms with Gasteiger partial charge in [-0.05, 0) is 18.2 Å². The quantitative estimate of drug-likeness (QED) is 0.353. The number of amides is 1. The van der Waals surface area contributed by atoms with Crippen molar-refractivity contribution in [1.29, 1.82) is 0 Å². The van der Waals surface area contributed by atoms with Crippen molar-refractivity contribution in [3.05, 3.63) is 65.1 Å². The van der Waals surface area contributed by atoms with Gasteiger partial charge >= 0.3 is 0 Å². The Kier molecular flexibility index (Phi) is 10.6. The van der Waals surface area contributed by atoms with Crippen LogP contribution in [0.1, 0.15) is 18.4 Å². The second kappa shape index (κ2) is 13.4. The molecule has 1 aromatic rings. The van der Waals surface area contributed by atoms with Crippen LogP contribution in [-0.4, -0.2) is 45.1 Å². The van der Waals surface area contributed by atoms with Crippen molar-refractivity contribution in [3.8, 4) is 0 Å². The van der Waals surface area contributed by atoms with Gasteiger partial charge in [0.2, 0.25) is 5.91 Å². The standard InChI is InChI=1S/C22H29NO3S/c1-27-21(11-7-10-19-8-3-2-4-9-19)18-25-14-6-5-12-22(24)23-16-20-13-15-26-17-20/h2-11,20H,12-18H2,1H3,(H,23,24)/b6-5+,10-7+,21-11-. The summed E-state index contributed by atoms with van der Waals surface area (Å²) in [6.45, 7) is 3.35. The molecule has 0 bridgehead atoms. The molecular weight excluding hydrogens is 358 g/mol. The zero-order chi connectivity index (χ0) is 19.2. The maximum absolute atomic E-state index is 11.8. The van der Waals surface area contributed by atoms with Gasteiger partial charge in [0, 0.05) is 30.4 Å². The Balaban J connectivity index is 1.58. The highest BCUT2D eigenvalue weighted by Crippen LogP contribution is 2.13. The van der Waals surface area contributed by atoms with Crippen LogP contribution in [0.2, 0.25) is 0 Å². The van der Waals surface area contributed by atoms with Crippen LogP contribution in [0, 0.1) is 5.92 Å². The normalized spacial score (nSPS) is 17.8. The molecule has 0 radical (unpaired) electrons. The molecular formula is C22H29NO3S. The van der Waals surface area contributed by atoms with Crippen LogP contribution in [0.15, 0.2) is 59.5 Å². The number of allylic oxidation sites excluding steroid dienone is 2. The Bertz CT molecular complexity index is 634.